The van der Waals surface area contributed by atoms with Crippen molar-refractivity contribution in [1.82, 2.24) is 0 Å². The van der Waals surface area contributed by atoms with Crippen LogP contribution in [0, 0.1) is 6.92 Å². The van der Waals surface area contributed by atoms with Crippen LogP contribution in [0.3, 0.4) is 0 Å². The van der Waals surface area contributed by atoms with Gasteiger partial charge in [0.05, 0.1) is 0 Å². The second kappa shape index (κ2) is 6.25. The maximum absolute atomic E-state index is 11.8. The number of aryl methyl sites for hydroxylation is 1. The molecule has 0 fully saturated rings. The van der Waals surface area contributed by atoms with Crippen molar-refractivity contribution in [3.05, 3.63) is 41.1 Å². The SMILES string of the molecule is CCCSC1=N/C(=C/c2ccccc2C)C(=O)S1. The lowest BCUT2D eigenvalue weighted by Gasteiger charge is -1.98. The summed E-state index contributed by atoms with van der Waals surface area (Å²) in [4.78, 5) is 16.2. The summed E-state index contributed by atoms with van der Waals surface area (Å²) in [7, 11) is 0. The predicted molar refractivity (Wildman–Crippen MR) is 81.9 cm³/mol. The molecule has 0 unspecified atom stereocenters. The Morgan fingerprint density at radius 3 is 2.89 bits per heavy atom. The van der Waals surface area contributed by atoms with E-state index in [0.717, 1.165) is 27.7 Å². The van der Waals surface area contributed by atoms with Crippen molar-refractivity contribution in [2.24, 2.45) is 4.99 Å². The molecule has 1 heterocycles. The topological polar surface area (TPSA) is 29.4 Å². The van der Waals surface area contributed by atoms with Crippen LogP contribution in [0.2, 0.25) is 0 Å². The fourth-order valence-electron chi connectivity index (χ4n) is 1.54. The van der Waals surface area contributed by atoms with Crippen LogP contribution in [0.15, 0.2) is 35.0 Å². The molecule has 0 spiro atoms. The molecule has 2 nitrogen and oxygen atoms in total. The van der Waals surface area contributed by atoms with Crippen molar-refractivity contribution in [2.75, 3.05) is 5.75 Å². The number of hydrogen-bond acceptors (Lipinski definition) is 4. The fraction of sp³-hybridized carbons (Fsp3) is 0.286. The molecule has 0 atom stereocenters. The molecular formula is C14H15NOS2. The van der Waals surface area contributed by atoms with Gasteiger partial charge >= 0.3 is 0 Å². The molecule has 0 bridgehead atoms. The lowest BCUT2D eigenvalue weighted by Crippen LogP contribution is -1.89. The normalized spacial score (nSPS) is 17.3. The van der Waals surface area contributed by atoms with Crippen molar-refractivity contribution >= 4 is 39.1 Å². The van der Waals surface area contributed by atoms with Crippen LogP contribution in [-0.2, 0) is 4.79 Å². The minimum Gasteiger partial charge on any atom is -0.279 e. The Morgan fingerprint density at radius 2 is 2.17 bits per heavy atom. The molecule has 4 heteroatoms. The van der Waals surface area contributed by atoms with Gasteiger partial charge in [-0.2, -0.15) is 0 Å². The van der Waals surface area contributed by atoms with Gasteiger partial charge in [-0.3, -0.25) is 4.79 Å². The van der Waals surface area contributed by atoms with Crippen LogP contribution in [0.5, 0.6) is 0 Å². The minimum absolute atomic E-state index is 0.0526. The third kappa shape index (κ3) is 3.27. The third-order valence-electron chi connectivity index (χ3n) is 2.51. The highest BCUT2D eigenvalue weighted by molar-refractivity contribution is 8.45. The van der Waals surface area contributed by atoms with E-state index < -0.39 is 0 Å². The maximum Gasteiger partial charge on any atom is 0.244 e. The van der Waals surface area contributed by atoms with Gasteiger partial charge in [-0.15, -0.1) is 0 Å². The van der Waals surface area contributed by atoms with Gasteiger partial charge < -0.3 is 0 Å². The van der Waals surface area contributed by atoms with Crippen molar-refractivity contribution < 1.29 is 4.79 Å². The third-order valence-corrected chi connectivity index (χ3v) is 4.73. The molecule has 0 aliphatic carbocycles. The monoisotopic (exact) mass is 277 g/mol. The fourth-order valence-corrected chi connectivity index (χ4v) is 3.30. The first-order valence-corrected chi connectivity index (χ1v) is 7.72. The van der Waals surface area contributed by atoms with Crippen LogP contribution in [0.25, 0.3) is 6.08 Å². The van der Waals surface area contributed by atoms with Gasteiger partial charge in [-0.25, -0.2) is 4.99 Å². The average molecular weight is 277 g/mol. The number of carbonyl (C=O) groups is 1. The Labute approximate surface area is 116 Å². The highest BCUT2D eigenvalue weighted by atomic mass is 32.2. The molecule has 94 valence electrons. The van der Waals surface area contributed by atoms with Gasteiger partial charge in [0.1, 0.15) is 10.1 Å². The lowest BCUT2D eigenvalue weighted by molar-refractivity contribution is -0.107. The molecule has 1 aromatic carbocycles. The van der Waals surface area contributed by atoms with E-state index in [0.29, 0.717) is 5.70 Å². The molecule has 0 amide bonds. The van der Waals surface area contributed by atoms with Crippen molar-refractivity contribution in [3.8, 4) is 0 Å². The van der Waals surface area contributed by atoms with Crippen molar-refractivity contribution in [1.29, 1.82) is 0 Å². The highest BCUT2D eigenvalue weighted by Gasteiger charge is 2.22. The van der Waals surface area contributed by atoms with Crippen molar-refractivity contribution in [2.45, 2.75) is 20.3 Å². The largest absolute Gasteiger partial charge is 0.279 e. The smallest absolute Gasteiger partial charge is 0.244 e. The number of thioether (sulfide) groups is 2. The highest BCUT2D eigenvalue weighted by Crippen LogP contribution is 2.31. The van der Waals surface area contributed by atoms with Gasteiger partial charge in [0.2, 0.25) is 5.12 Å². The molecule has 1 aliphatic heterocycles. The van der Waals surface area contributed by atoms with Crippen LogP contribution in [0.1, 0.15) is 24.5 Å². The molecule has 1 aliphatic rings. The molecule has 0 aromatic heterocycles. The summed E-state index contributed by atoms with van der Waals surface area (Å²) >= 11 is 2.90. The van der Waals surface area contributed by atoms with Crippen LogP contribution < -0.4 is 0 Å². The molecule has 0 N–H and O–H groups in total. The summed E-state index contributed by atoms with van der Waals surface area (Å²) in [6.07, 6.45) is 2.97. The van der Waals surface area contributed by atoms with Crippen molar-refractivity contribution in [3.63, 3.8) is 0 Å². The Balaban J connectivity index is 2.20. The number of aliphatic imine (C=N–C) groups is 1. The lowest BCUT2D eigenvalue weighted by atomic mass is 10.1. The maximum atomic E-state index is 11.8. The summed E-state index contributed by atoms with van der Waals surface area (Å²) in [6.45, 7) is 4.16. The van der Waals surface area contributed by atoms with E-state index in [1.807, 2.05) is 37.3 Å². The molecule has 0 saturated carbocycles. The Kier molecular flexibility index (Phi) is 4.66. The van der Waals surface area contributed by atoms with Gasteiger partial charge in [-0.1, -0.05) is 43.0 Å². The minimum atomic E-state index is 0.0526. The second-order valence-corrected chi connectivity index (χ2v) is 6.31. The zero-order valence-electron chi connectivity index (χ0n) is 10.5. The molecule has 2 rings (SSSR count). The predicted octanol–water partition coefficient (Wildman–Crippen LogP) is 4.11. The zero-order chi connectivity index (χ0) is 13.0. The second-order valence-electron chi connectivity index (χ2n) is 4.00. The van der Waals surface area contributed by atoms with E-state index in [2.05, 4.69) is 11.9 Å². The van der Waals surface area contributed by atoms with E-state index in [9.17, 15) is 4.79 Å². The number of rotatable bonds is 3. The first-order chi connectivity index (χ1) is 8.70. The zero-order valence-corrected chi connectivity index (χ0v) is 12.1. The van der Waals surface area contributed by atoms with E-state index in [1.165, 1.54) is 11.8 Å². The van der Waals surface area contributed by atoms with Crippen LogP contribution >= 0.6 is 23.5 Å². The average Bonchev–Trinajstić information content (AvgIpc) is 2.70. The Morgan fingerprint density at radius 1 is 1.39 bits per heavy atom. The Hall–Kier alpha value is -1.000. The summed E-state index contributed by atoms with van der Waals surface area (Å²) in [5, 5.41) is 0.0526. The van der Waals surface area contributed by atoms with E-state index >= 15 is 0 Å². The molecule has 18 heavy (non-hydrogen) atoms. The number of hydrogen-bond donors (Lipinski definition) is 0. The molecular weight excluding hydrogens is 262 g/mol. The van der Waals surface area contributed by atoms with E-state index in [4.69, 9.17) is 0 Å². The van der Waals surface area contributed by atoms with Gasteiger partial charge in [0.15, 0.2) is 0 Å². The van der Waals surface area contributed by atoms with Gasteiger partial charge in [-0.05, 0) is 48.1 Å². The first kappa shape index (κ1) is 13.4. The van der Waals surface area contributed by atoms with Crippen LogP contribution in [-0.4, -0.2) is 15.2 Å². The quantitative estimate of drug-likeness (QED) is 0.779. The van der Waals surface area contributed by atoms with E-state index in [1.54, 1.807) is 11.8 Å². The van der Waals surface area contributed by atoms with Gasteiger partial charge in [0, 0.05) is 0 Å². The Bertz CT molecular complexity index is 520. The van der Waals surface area contributed by atoms with Gasteiger partial charge in [0.25, 0.3) is 0 Å². The van der Waals surface area contributed by atoms with Crippen LogP contribution in [0.4, 0.5) is 0 Å². The number of nitrogens with zero attached hydrogens (tertiary/aromatic N) is 1. The number of benzene rings is 1. The summed E-state index contributed by atoms with van der Waals surface area (Å²) < 4.78 is 0.877. The molecule has 1 aromatic rings. The first-order valence-electron chi connectivity index (χ1n) is 5.91. The summed E-state index contributed by atoms with van der Waals surface area (Å²) in [5.74, 6) is 1.01. The molecule has 0 saturated heterocycles. The summed E-state index contributed by atoms with van der Waals surface area (Å²) in [5.41, 5.74) is 2.78. The standard InChI is InChI=1S/C14H15NOS2/c1-3-8-17-14-15-12(13(16)18-14)9-11-7-5-4-6-10(11)2/h4-7,9H,3,8H2,1-2H3/b12-9+. The number of carbonyl (C=O) groups excluding carboxylic acids is 1. The summed E-state index contributed by atoms with van der Waals surface area (Å²) in [6, 6.07) is 8.01. The molecule has 0 radical (unpaired) electrons. The van der Waals surface area contributed by atoms with E-state index in [-0.39, 0.29) is 5.12 Å².